The Kier molecular flexibility index (Phi) is 3.11. The van der Waals surface area contributed by atoms with Crippen molar-refractivity contribution in [3.05, 3.63) is 11.7 Å². The van der Waals surface area contributed by atoms with Crippen LogP contribution in [0, 0.1) is 0 Å². The lowest BCUT2D eigenvalue weighted by atomic mass is 9.98. The number of likely N-dealkylation sites (tertiary alicyclic amines) is 1. The summed E-state index contributed by atoms with van der Waals surface area (Å²) in [5.74, 6) is 2.11. The Labute approximate surface area is 102 Å². The molecule has 94 valence electrons. The predicted molar refractivity (Wildman–Crippen MR) is 63.7 cm³/mol. The van der Waals surface area contributed by atoms with Crippen molar-refractivity contribution in [2.24, 2.45) is 0 Å². The summed E-state index contributed by atoms with van der Waals surface area (Å²) >= 11 is 0. The van der Waals surface area contributed by atoms with E-state index < -0.39 is 0 Å². The van der Waals surface area contributed by atoms with E-state index in [1.54, 1.807) is 0 Å². The van der Waals surface area contributed by atoms with Gasteiger partial charge in [-0.15, -0.1) is 0 Å². The van der Waals surface area contributed by atoms with Crippen molar-refractivity contribution in [1.82, 2.24) is 20.4 Å². The molecule has 2 aliphatic rings. The second-order valence-corrected chi connectivity index (χ2v) is 5.24. The number of rotatable bonds is 2. The van der Waals surface area contributed by atoms with Gasteiger partial charge in [0.15, 0.2) is 5.82 Å². The van der Waals surface area contributed by atoms with E-state index in [-0.39, 0.29) is 0 Å². The highest BCUT2D eigenvalue weighted by Gasteiger charge is 2.27. The summed E-state index contributed by atoms with van der Waals surface area (Å²) in [7, 11) is 2.15. The number of nitrogens with one attached hydrogen (secondary N) is 1. The van der Waals surface area contributed by atoms with Gasteiger partial charge in [-0.1, -0.05) is 5.16 Å². The fourth-order valence-corrected chi connectivity index (χ4v) is 2.83. The van der Waals surface area contributed by atoms with E-state index >= 15 is 0 Å². The van der Waals surface area contributed by atoms with Crippen LogP contribution in [0.15, 0.2) is 4.52 Å². The predicted octanol–water partition coefficient (Wildman–Crippen LogP) is 1.30. The highest BCUT2D eigenvalue weighted by Crippen LogP contribution is 2.27. The first kappa shape index (κ1) is 11.2. The number of nitrogens with zero attached hydrogens (tertiary/aromatic N) is 3. The highest BCUT2D eigenvalue weighted by atomic mass is 16.5. The van der Waals surface area contributed by atoms with Gasteiger partial charge in [-0.3, -0.25) is 0 Å². The van der Waals surface area contributed by atoms with Gasteiger partial charge in [-0.25, -0.2) is 0 Å². The number of hydrogen-bond donors (Lipinski definition) is 1. The summed E-state index contributed by atoms with van der Waals surface area (Å²) in [6.45, 7) is 3.29. The van der Waals surface area contributed by atoms with Gasteiger partial charge in [-0.05, 0) is 45.8 Å². The maximum Gasteiger partial charge on any atom is 0.231 e. The third-order valence-electron chi connectivity index (χ3n) is 3.80. The maximum atomic E-state index is 5.44. The van der Waals surface area contributed by atoms with Gasteiger partial charge in [0.25, 0.3) is 0 Å². The second-order valence-electron chi connectivity index (χ2n) is 5.24. The summed E-state index contributed by atoms with van der Waals surface area (Å²) in [5, 5.41) is 7.53. The van der Waals surface area contributed by atoms with Gasteiger partial charge >= 0.3 is 0 Å². The van der Waals surface area contributed by atoms with Gasteiger partial charge in [0.1, 0.15) is 0 Å². The molecule has 2 saturated heterocycles. The molecule has 2 fully saturated rings. The molecular formula is C12H20N4O. The Balaban J connectivity index is 1.70. The average molecular weight is 236 g/mol. The normalized spacial score (nSPS) is 30.9. The summed E-state index contributed by atoms with van der Waals surface area (Å²) in [5.41, 5.74) is 0. The van der Waals surface area contributed by atoms with Crippen LogP contribution in [0.1, 0.15) is 49.4 Å². The zero-order valence-electron chi connectivity index (χ0n) is 10.4. The van der Waals surface area contributed by atoms with E-state index in [2.05, 4.69) is 27.4 Å². The molecular weight excluding hydrogens is 216 g/mol. The monoisotopic (exact) mass is 236 g/mol. The smallest absolute Gasteiger partial charge is 0.231 e. The first-order valence-corrected chi connectivity index (χ1v) is 6.58. The van der Waals surface area contributed by atoms with Crippen molar-refractivity contribution in [2.75, 3.05) is 26.7 Å². The molecule has 1 N–H and O–H groups in total. The summed E-state index contributed by atoms with van der Waals surface area (Å²) in [6.07, 6.45) is 4.73. The Hall–Kier alpha value is -0.940. The summed E-state index contributed by atoms with van der Waals surface area (Å²) in [4.78, 5) is 6.92. The molecule has 2 aliphatic heterocycles. The van der Waals surface area contributed by atoms with E-state index in [0.717, 1.165) is 31.2 Å². The van der Waals surface area contributed by atoms with Crippen molar-refractivity contribution >= 4 is 0 Å². The largest absolute Gasteiger partial charge is 0.339 e. The van der Waals surface area contributed by atoms with Crippen LogP contribution in [0.4, 0.5) is 0 Å². The van der Waals surface area contributed by atoms with Crippen molar-refractivity contribution in [1.29, 1.82) is 0 Å². The van der Waals surface area contributed by atoms with E-state index in [0.29, 0.717) is 12.0 Å². The molecule has 0 aromatic carbocycles. The minimum atomic E-state index is 0.314. The molecule has 3 heterocycles. The van der Waals surface area contributed by atoms with Crippen LogP contribution in [0.2, 0.25) is 0 Å². The Morgan fingerprint density at radius 2 is 2.29 bits per heavy atom. The van der Waals surface area contributed by atoms with Crippen LogP contribution in [0.25, 0.3) is 0 Å². The van der Waals surface area contributed by atoms with Crippen molar-refractivity contribution in [2.45, 2.75) is 37.6 Å². The van der Waals surface area contributed by atoms with E-state index in [4.69, 9.17) is 4.52 Å². The van der Waals surface area contributed by atoms with Gasteiger partial charge in [0, 0.05) is 6.54 Å². The van der Waals surface area contributed by atoms with Crippen molar-refractivity contribution in [3.8, 4) is 0 Å². The van der Waals surface area contributed by atoms with E-state index in [1.807, 2.05) is 0 Å². The topological polar surface area (TPSA) is 54.2 Å². The van der Waals surface area contributed by atoms with Gasteiger partial charge < -0.3 is 14.7 Å². The van der Waals surface area contributed by atoms with Crippen molar-refractivity contribution in [3.63, 3.8) is 0 Å². The Morgan fingerprint density at radius 3 is 3.06 bits per heavy atom. The fourth-order valence-electron chi connectivity index (χ4n) is 2.83. The standard InChI is InChI=1S/C12H20N4O/c1-16-7-3-4-9(8-16)12-14-11(15-17-12)10-5-2-6-13-10/h9-10,13H,2-8H2,1H3. The van der Waals surface area contributed by atoms with Crippen LogP contribution in [0.5, 0.6) is 0 Å². The van der Waals surface area contributed by atoms with Crippen LogP contribution in [0.3, 0.4) is 0 Å². The van der Waals surface area contributed by atoms with Gasteiger partial charge in [0.2, 0.25) is 5.89 Å². The number of aromatic nitrogens is 2. The number of piperidine rings is 1. The molecule has 0 radical (unpaired) electrons. The number of likely N-dealkylation sites (N-methyl/N-ethyl adjacent to an activating group) is 1. The quantitative estimate of drug-likeness (QED) is 0.839. The summed E-state index contributed by atoms with van der Waals surface area (Å²) in [6, 6.07) is 0.314. The maximum absolute atomic E-state index is 5.44. The van der Waals surface area contributed by atoms with Crippen LogP contribution in [-0.4, -0.2) is 41.7 Å². The molecule has 2 unspecified atom stereocenters. The molecule has 0 aliphatic carbocycles. The molecule has 0 spiro atoms. The third kappa shape index (κ3) is 2.35. The molecule has 0 saturated carbocycles. The van der Waals surface area contributed by atoms with Crippen LogP contribution >= 0.6 is 0 Å². The number of hydrogen-bond acceptors (Lipinski definition) is 5. The molecule has 3 rings (SSSR count). The molecule has 5 heteroatoms. The first-order chi connectivity index (χ1) is 8.33. The second kappa shape index (κ2) is 4.74. The molecule has 0 amide bonds. The van der Waals surface area contributed by atoms with Gasteiger partial charge in [-0.2, -0.15) is 4.98 Å². The van der Waals surface area contributed by atoms with E-state index in [1.165, 1.54) is 25.8 Å². The zero-order valence-corrected chi connectivity index (χ0v) is 10.4. The van der Waals surface area contributed by atoms with E-state index in [9.17, 15) is 0 Å². The lowest BCUT2D eigenvalue weighted by Crippen LogP contribution is -2.31. The highest BCUT2D eigenvalue weighted by molar-refractivity contribution is 5.01. The molecule has 17 heavy (non-hydrogen) atoms. The lowest BCUT2D eigenvalue weighted by Gasteiger charge is -2.27. The van der Waals surface area contributed by atoms with Crippen LogP contribution in [-0.2, 0) is 0 Å². The lowest BCUT2D eigenvalue weighted by molar-refractivity contribution is 0.219. The first-order valence-electron chi connectivity index (χ1n) is 6.58. The molecule has 0 bridgehead atoms. The molecule has 1 aromatic rings. The molecule has 2 atom stereocenters. The molecule has 1 aromatic heterocycles. The van der Waals surface area contributed by atoms with Gasteiger partial charge in [0.05, 0.1) is 12.0 Å². The fraction of sp³-hybridized carbons (Fsp3) is 0.833. The van der Waals surface area contributed by atoms with Crippen molar-refractivity contribution < 1.29 is 4.52 Å². The minimum Gasteiger partial charge on any atom is -0.339 e. The van der Waals surface area contributed by atoms with Crippen LogP contribution < -0.4 is 5.32 Å². The minimum absolute atomic E-state index is 0.314. The Bertz CT molecular complexity index is 372. The average Bonchev–Trinajstić information content (AvgIpc) is 3.00. The SMILES string of the molecule is CN1CCCC(c2nc(C3CCCN3)no2)C1. The Morgan fingerprint density at radius 1 is 1.35 bits per heavy atom. The third-order valence-corrected chi connectivity index (χ3v) is 3.80. The molecule has 5 nitrogen and oxygen atoms in total. The zero-order chi connectivity index (χ0) is 11.7. The summed E-state index contributed by atoms with van der Waals surface area (Å²) < 4.78 is 5.44.